The van der Waals surface area contributed by atoms with E-state index in [1.165, 1.54) is 12.4 Å². The number of carbonyl (C=O) groups excluding carboxylic acids is 2. The van der Waals surface area contributed by atoms with Crippen molar-refractivity contribution >= 4 is 17.6 Å². The van der Waals surface area contributed by atoms with Crippen molar-refractivity contribution in [3.8, 4) is 0 Å². The van der Waals surface area contributed by atoms with Crippen molar-refractivity contribution in [2.75, 3.05) is 26.0 Å². The number of nitrogens with one attached hydrogen (secondary N) is 3. The Morgan fingerprint density at radius 3 is 2.53 bits per heavy atom. The van der Waals surface area contributed by atoms with Crippen LogP contribution in [0.2, 0.25) is 0 Å². The molecular weight excluding hydrogens is 222 g/mol. The SMILES string of the molecule is CNC(=O)CCNC(=O)c1cnc(NC)cn1. The van der Waals surface area contributed by atoms with Gasteiger partial charge in [0, 0.05) is 27.1 Å². The lowest BCUT2D eigenvalue weighted by molar-refractivity contribution is -0.120. The summed E-state index contributed by atoms with van der Waals surface area (Å²) in [7, 11) is 3.26. The summed E-state index contributed by atoms with van der Waals surface area (Å²) in [4.78, 5) is 30.4. The Bertz CT molecular complexity index is 390. The van der Waals surface area contributed by atoms with Gasteiger partial charge in [0.2, 0.25) is 5.91 Å². The zero-order valence-electron chi connectivity index (χ0n) is 9.78. The monoisotopic (exact) mass is 237 g/mol. The van der Waals surface area contributed by atoms with Crippen LogP contribution < -0.4 is 16.0 Å². The lowest BCUT2D eigenvalue weighted by Crippen LogP contribution is -2.29. The fourth-order valence-corrected chi connectivity index (χ4v) is 1.08. The summed E-state index contributed by atoms with van der Waals surface area (Å²) in [5, 5.41) is 7.85. The summed E-state index contributed by atoms with van der Waals surface area (Å²) in [6, 6.07) is 0. The molecule has 1 aromatic heterocycles. The number of anilines is 1. The standard InChI is InChI=1S/C10H15N5O2/c1-11-8-6-14-7(5-15-8)10(17)13-4-3-9(16)12-2/h5-6H,3-4H2,1-2H3,(H,11,15)(H,12,16)(H,13,17). The lowest BCUT2D eigenvalue weighted by Gasteiger charge is -2.04. The van der Waals surface area contributed by atoms with E-state index in [4.69, 9.17) is 0 Å². The minimum Gasteiger partial charge on any atom is -0.372 e. The Balaban J connectivity index is 2.44. The molecule has 0 bridgehead atoms. The van der Waals surface area contributed by atoms with Crippen LogP contribution in [0.3, 0.4) is 0 Å². The number of nitrogens with zero attached hydrogens (tertiary/aromatic N) is 2. The van der Waals surface area contributed by atoms with Crippen molar-refractivity contribution in [2.24, 2.45) is 0 Å². The summed E-state index contributed by atoms with van der Waals surface area (Å²) >= 11 is 0. The van der Waals surface area contributed by atoms with Crippen molar-refractivity contribution < 1.29 is 9.59 Å². The molecule has 1 aromatic rings. The molecule has 0 aliphatic rings. The highest BCUT2D eigenvalue weighted by molar-refractivity contribution is 5.92. The molecule has 1 rings (SSSR count). The Kier molecular flexibility index (Phi) is 4.86. The van der Waals surface area contributed by atoms with Crippen LogP contribution in [0.1, 0.15) is 16.9 Å². The summed E-state index contributed by atoms with van der Waals surface area (Å²) in [6.45, 7) is 0.272. The van der Waals surface area contributed by atoms with Gasteiger partial charge in [-0.05, 0) is 0 Å². The third-order valence-electron chi connectivity index (χ3n) is 2.06. The highest BCUT2D eigenvalue weighted by Gasteiger charge is 2.07. The van der Waals surface area contributed by atoms with Gasteiger partial charge >= 0.3 is 0 Å². The maximum atomic E-state index is 11.5. The van der Waals surface area contributed by atoms with Gasteiger partial charge in [0.1, 0.15) is 11.5 Å². The van der Waals surface area contributed by atoms with Gasteiger partial charge in [-0.25, -0.2) is 9.97 Å². The van der Waals surface area contributed by atoms with Crippen LogP contribution >= 0.6 is 0 Å². The third-order valence-corrected chi connectivity index (χ3v) is 2.06. The fourth-order valence-electron chi connectivity index (χ4n) is 1.08. The molecule has 3 N–H and O–H groups in total. The van der Waals surface area contributed by atoms with Crippen LogP contribution in [0, 0.1) is 0 Å². The number of aromatic nitrogens is 2. The van der Waals surface area contributed by atoms with Crippen molar-refractivity contribution in [2.45, 2.75) is 6.42 Å². The second-order valence-electron chi connectivity index (χ2n) is 3.22. The number of carbonyl (C=O) groups is 2. The average Bonchev–Trinajstić information content (AvgIpc) is 2.38. The normalized spacial score (nSPS) is 9.53. The third kappa shape index (κ3) is 4.06. The fraction of sp³-hybridized carbons (Fsp3) is 0.400. The van der Waals surface area contributed by atoms with E-state index in [0.29, 0.717) is 5.82 Å². The first-order valence-electron chi connectivity index (χ1n) is 5.16. The smallest absolute Gasteiger partial charge is 0.271 e. The Hall–Kier alpha value is -2.18. The van der Waals surface area contributed by atoms with Gasteiger partial charge in [0.15, 0.2) is 0 Å². The van der Waals surface area contributed by atoms with Gasteiger partial charge in [-0.15, -0.1) is 0 Å². The van der Waals surface area contributed by atoms with Crippen molar-refractivity contribution in [1.29, 1.82) is 0 Å². The van der Waals surface area contributed by atoms with Crippen LogP contribution in [-0.2, 0) is 4.79 Å². The maximum Gasteiger partial charge on any atom is 0.271 e. The second-order valence-corrected chi connectivity index (χ2v) is 3.22. The minimum absolute atomic E-state index is 0.123. The Morgan fingerprint density at radius 1 is 1.24 bits per heavy atom. The summed E-state index contributed by atoms with van der Waals surface area (Å²) in [5.41, 5.74) is 0.223. The van der Waals surface area contributed by atoms with Crippen LogP contribution in [0.4, 0.5) is 5.82 Å². The van der Waals surface area contributed by atoms with Gasteiger partial charge in [0.05, 0.1) is 12.4 Å². The first-order chi connectivity index (χ1) is 8.17. The zero-order chi connectivity index (χ0) is 12.7. The predicted molar refractivity (Wildman–Crippen MR) is 62.6 cm³/mol. The molecule has 0 unspecified atom stereocenters. The quantitative estimate of drug-likeness (QED) is 0.634. The van der Waals surface area contributed by atoms with E-state index in [9.17, 15) is 9.59 Å². The van der Waals surface area contributed by atoms with E-state index in [0.717, 1.165) is 0 Å². The minimum atomic E-state index is -0.343. The lowest BCUT2D eigenvalue weighted by atomic mass is 10.3. The molecule has 0 spiro atoms. The largest absolute Gasteiger partial charge is 0.372 e. The second kappa shape index (κ2) is 6.41. The molecule has 0 radical (unpaired) electrons. The summed E-state index contributed by atoms with van der Waals surface area (Å²) in [6.07, 6.45) is 3.08. The molecule has 2 amide bonds. The first kappa shape index (κ1) is 12.9. The highest BCUT2D eigenvalue weighted by Crippen LogP contribution is 1.99. The number of hydrogen-bond donors (Lipinski definition) is 3. The molecule has 0 fully saturated rings. The Labute approximate surface area is 99.0 Å². The van der Waals surface area contributed by atoms with Gasteiger partial charge in [-0.3, -0.25) is 9.59 Å². The van der Waals surface area contributed by atoms with E-state index < -0.39 is 0 Å². The number of rotatable bonds is 5. The van der Waals surface area contributed by atoms with Gasteiger partial charge in [0.25, 0.3) is 5.91 Å². The number of hydrogen-bond acceptors (Lipinski definition) is 5. The van der Waals surface area contributed by atoms with Gasteiger partial charge in [-0.1, -0.05) is 0 Å². The maximum absolute atomic E-state index is 11.5. The molecule has 0 atom stereocenters. The van der Waals surface area contributed by atoms with E-state index >= 15 is 0 Å². The van der Waals surface area contributed by atoms with Crippen molar-refractivity contribution in [1.82, 2.24) is 20.6 Å². The molecule has 17 heavy (non-hydrogen) atoms. The molecular formula is C10H15N5O2. The topological polar surface area (TPSA) is 96.0 Å². The zero-order valence-corrected chi connectivity index (χ0v) is 9.78. The molecule has 0 aliphatic carbocycles. The molecule has 0 saturated carbocycles. The summed E-state index contributed by atoms with van der Waals surface area (Å²) < 4.78 is 0. The molecule has 0 saturated heterocycles. The van der Waals surface area contributed by atoms with Gasteiger partial charge < -0.3 is 16.0 Å². The highest BCUT2D eigenvalue weighted by atomic mass is 16.2. The first-order valence-corrected chi connectivity index (χ1v) is 5.16. The van der Waals surface area contributed by atoms with Crippen molar-refractivity contribution in [3.63, 3.8) is 0 Å². The molecule has 7 nitrogen and oxygen atoms in total. The van der Waals surface area contributed by atoms with Crippen molar-refractivity contribution in [3.05, 3.63) is 18.1 Å². The van der Waals surface area contributed by atoms with Crippen LogP contribution in [0.5, 0.6) is 0 Å². The molecule has 0 aromatic carbocycles. The average molecular weight is 237 g/mol. The predicted octanol–water partition coefficient (Wildman–Crippen LogP) is -0.616. The molecule has 7 heteroatoms. The van der Waals surface area contributed by atoms with E-state index in [2.05, 4.69) is 25.9 Å². The van der Waals surface area contributed by atoms with Crippen LogP contribution in [0.15, 0.2) is 12.4 Å². The van der Waals surface area contributed by atoms with E-state index in [1.807, 2.05) is 0 Å². The molecule has 92 valence electrons. The van der Waals surface area contributed by atoms with Crippen LogP contribution in [-0.4, -0.2) is 42.4 Å². The Morgan fingerprint density at radius 2 is 2.00 bits per heavy atom. The molecule has 1 heterocycles. The molecule has 0 aliphatic heterocycles. The van der Waals surface area contributed by atoms with Gasteiger partial charge in [-0.2, -0.15) is 0 Å². The van der Waals surface area contributed by atoms with Crippen LogP contribution in [0.25, 0.3) is 0 Å². The van der Waals surface area contributed by atoms with E-state index in [-0.39, 0.29) is 30.5 Å². The summed E-state index contributed by atoms with van der Waals surface area (Å²) in [5.74, 6) is 0.123. The van der Waals surface area contributed by atoms with E-state index in [1.54, 1.807) is 14.1 Å². The number of amides is 2.